The van der Waals surface area contributed by atoms with E-state index in [1.54, 1.807) is 11.9 Å². The van der Waals surface area contributed by atoms with Gasteiger partial charge >= 0.3 is 0 Å². The van der Waals surface area contributed by atoms with Gasteiger partial charge in [0.2, 0.25) is 0 Å². The molecule has 0 aliphatic carbocycles. The Balaban J connectivity index is 2.10. The van der Waals surface area contributed by atoms with Gasteiger partial charge in [-0.15, -0.1) is 0 Å². The summed E-state index contributed by atoms with van der Waals surface area (Å²) in [5.41, 5.74) is -0.174. The molecule has 0 spiro atoms. The summed E-state index contributed by atoms with van der Waals surface area (Å²) < 4.78 is 0. The standard InChI is InChI=1S/C13H17ClN4O3/c1-17(8-9-3-2-4-15-6-9)13(19)11-5-10(18(20)21)7-16-12(11)14/h5,7,9,15H,2-4,6,8H2,1H3. The van der Waals surface area contributed by atoms with Crippen LogP contribution >= 0.6 is 11.6 Å². The van der Waals surface area contributed by atoms with Crippen LogP contribution in [0.3, 0.4) is 0 Å². The normalized spacial score (nSPS) is 18.3. The van der Waals surface area contributed by atoms with Crippen LogP contribution in [0.5, 0.6) is 0 Å². The van der Waals surface area contributed by atoms with E-state index in [0.29, 0.717) is 12.5 Å². The van der Waals surface area contributed by atoms with Gasteiger partial charge in [-0.3, -0.25) is 14.9 Å². The molecule has 2 heterocycles. The Hall–Kier alpha value is -1.73. The molecule has 1 N–H and O–H groups in total. The van der Waals surface area contributed by atoms with Crippen molar-refractivity contribution >= 4 is 23.2 Å². The van der Waals surface area contributed by atoms with Gasteiger partial charge in [-0.05, 0) is 31.8 Å². The van der Waals surface area contributed by atoms with Crippen LogP contribution in [-0.4, -0.2) is 47.4 Å². The second kappa shape index (κ2) is 6.82. The van der Waals surface area contributed by atoms with Crippen LogP contribution in [0.4, 0.5) is 5.69 Å². The first kappa shape index (κ1) is 15.7. The van der Waals surface area contributed by atoms with Crippen LogP contribution in [0.1, 0.15) is 23.2 Å². The summed E-state index contributed by atoms with van der Waals surface area (Å²) in [5, 5.41) is 14.0. The number of nitro groups is 1. The molecule has 1 saturated heterocycles. The summed E-state index contributed by atoms with van der Waals surface area (Å²) in [6, 6.07) is 1.17. The third kappa shape index (κ3) is 3.89. The smallest absolute Gasteiger partial charge is 0.288 e. The number of nitrogens with zero attached hydrogens (tertiary/aromatic N) is 3. The van der Waals surface area contributed by atoms with Crippen molar-refractivity contribution in [3.63, 3.8) is 0 Å². The molecule has 1 aromatic heterocycles. The lowest BCUT2D eigenvalue weighted by atomic mass is 9.99. The quantitative estimate of drug-likeness (QED) is 0.519. The molecular formula is C13H17ClN4O3. The van der Waals surface area contributed by atoms with Gasteiger partial charge in [0.05, 0.1) is 10.5 Å². The molecule has 1 amide bonds. The first-order valence-electron chi connectivity index (χ1n) is 6.75. The summed E-state index contributed by atoms with van der Waals surface area (Å²) in [6.07, 6.45) is 3.20. The summed E-state index contributed by atoms with van der Waals surface area (Å²) in [7, 11) is 1.67. The van der Waals surface area contributed by atoms with Gasteiger partial charge in [0.1, 0.15) is 11.3 Å². The molecule has 2 rings (SSSR count). The number of amides is 1. The van der Waals surface area contributed by atoms with E-state index in [-0.39, 0.29) is 22.3 Å². The minimum Gasteiger partial charge on any atom is -0.341 e. The summed E-state index contributed by atoms with van der Waals surface area (Å²) in [4.78, 5) is 27.8. The zero-order valence-electron chi connectivity index (χ0n) is 11.7. The SMILES string of the molecule is CN(CC1CCCNC1)C(=O)c1cc([N+](=O)[O-])cnc1Cl. The molecule has 1 fully saturated rings. The molecule has 1 aliphatic rings. The minimum absolute atomic E-state index is 0.0146. The van der Waals surface area contributed by atoms with Gasteiger partial charge in [-0.1, -0.05) is 11.6 Å². The number of hydrogen-bond donors (Lipinski definition) is 1. The van der Waals surface area contributed by atoms with E-state index in [1.165, 1.54) is 6.07 Å². The minimum atomic E-state index is -0.592. The topological polar surface area (TPSA) is 88.4 Å². The molecule has 1 aromatic rings. The van der Waals surface area contributed by atoms with E-state index in [4.69, 9.17) is 11.6 Å². The van der Waals surface area contributed by atoms with Gasteiger partial charge in [-0.25, -0.2) is 4.98 Å². The third-order valence-corrected chi connectivity index (χ3v) is 3.84. The van der Waals surface area contributed by atoms with E-state index >= 15 is 0 Å². The molecule has 1 atom stereocenters. The Labute approximate surface area is 127 Å². The maximum atomic E-state index is 12.4. The highest BCUT2D eigenvalue weighted by Crippen LogP contribution is 2.21. The zero-order valence-corrected chi connectivity index (χ0v) is 12.5. The lowest BCUT2D eigenvalue weighted by Gasteiger charge is -2.27. The van der Waals surface area contributed by atoms with Crippen LogP contribution in [0.15, 0.2) is 12.3 Å². The van der Waals surface area contributed by atoms with Crippen LogP contribution in [-0.2, 0) is 0 Å². The molecule has 0 aromatic carbocycles. The molecule has 0 bridgehead atoms. The van der Waals surface area contributed by atoms with E-state index in [2.05, 4.69) is 10.3 Å². The number of pyridine rings is 1. The predicted molar refractivity (Wildman–Crippen MR) is 78.5 cm³/mol. The van der Waals surface area contributed by atoms with Crippen LogP contribution < -0.4 is 5.32 Å². The second-order valence-corrected chi connectivity index (χ2v) is 5.55. The maximum absolute atomic E-state index is 12.4. The van der Waals surface area contributed by atoms with E-state index < -0.39 is 4.92 Å². The van der Waals surface area contributed by atoms with Crippen molar-refractivity contribution in [2.24, 2.45) is 5.92 Å². The molecule has 114 valence electrons. The number of halogens is 1. The monoisotopic (exact) mass is 312 g/mol. The molecular weight excluding hydrogens is 296 g/mol. The van der Waals surface area contributed by atoms with E-state index in [9.17, 15) is 14.9 Å². The number of nitrogens with one attached hydrogen (secondary N) is 1. The lowest BCUT2D eigenvalue weighted by Crippen LogP contribution is -2.39. The maximum Gasteiger partial charge on any atom is 0.288 e. The van der Waals surface area contributed by atoms with Crippen molar-refractivity contribution in [3.05, 3.63) is 33.1 Å². The Kier molecular flexibility index (Phi) is 5.08. The molecule has 21 heavy (non-hydrogen) atoms. The summed E-state index contributed by atoms with van der Waals surface area (Å²) >= 11 is 5.89. The van der Waals surface area contributed by atoms with Gasteiger partial charge in [0, 0.05) is 19.7 Å². The number of carbonyl (C=O) groups excluding carboxylic acids is 1. The molecule has 0 saturated carbocycles. The number of hydrogen-bond acceptors (Lipinski definition) is 5. The average Bonchev–Trinajstić information content (AvgIpc) is 2.47. The van der Waals surface area contributed by atoms with E-state index in [0.717, 1.165) is 32.1 Å². The highest BCUT2D eigenvalue weighted by atomic mass is 35.5. The third-order valence-electron chi connectivity index (χ3n) is 3.54. The number of carbonyl (C=O) groups is 1. The van der Waals surface area contributed by atoms with Gasteiger partial charge < -0.3 is 10.2 Å². The number of aromatic nitrogens is 1. The van der Waals surface area contributed by atoms with Crippen LogP contribution in [0, 0.1) is 16.0 Å². The summed E-state index contributed by atoms with van der Waals surface area (Å²) in [5.74, 6) is 0.0416. The van der Waals surface area contributed by atoms with Gasteiger partial charge in [0.25, 0.3) is 11.6 Å². The second-order valence-electron chi connectivity index (χ2n) is 5.19. The molecule has 1 aliphatic heterocycles. The fourth-order valence-electron chi connectivity index (χ4n) is 2.44. The Morgan fingerprint density at radius 1 is 1.67 bits per heavy atom. The van der Waals surface area contributed by atoms with Crippen molar-refractivity contribution in [3.8, 4) is 0 Å². The molecule has 7 nitrogen and oxygen atoms in total. The first-order chi connectivity index (χ1) is 9.99. The largest absolute Gasteiger partial charge is 0.341 e. The highest BCUT2D eigenvalue weighted by molar-refractivity contribution is 6.32. The van der Waals surface area contributed by atoms with E-state index in [1.807, 2.05) is 0 Å². The number of rotatable bonds is 4. The van der Waals surface area contributed by atoms with Crippen molar-refractivity contribution in [1.29, 1.82) is 0 Å². The molecule has 1 unspecified atom stereocenters. The zero-order chi connectivity index (χ0) is 15.4. The predicted octanol–water partition coefficient (Wildman–Crippen LogP) is 1.71. The fourth-order valence-corrected chi connectivity index (χ4v) is 2.63. The Bertz CT molecular complexity index is 546. The van der Waals surface area contributed by atoms with Crippen molar-refractivity contribution < 1.29 is 9.72 Å². The molecule has 8 heteroatoms. The molecule has 0 radical (unpaired) electrons. The lowest BCUT2D eigenvalue weighted by molar-refractivity contribution is -0.385. The van der Waals surface area contributed by atoms with Crippen LogP contribution in [0.25, 0.3) is 0 Å². The Morgan fingerprint density at radius 3 is 3.05 bits per heavy atom. The average molecular weight is 313 g/mol. The first-order valence-corrected chi connectivity index (χ1v) is 7.13. The fraction of sp³-hybridized carbons (Fsp3) is 0.538. The van der Waals surface area contributed by atoms with Crippen molar-refractivity contribution in [1.82, 2.24) is 15.2 Å². The summed E-state index contributed by atoms with van der Waals surface area (Å²) in [6.45, 7) is 2.47. The highest BCUT2D eigenvalue weighted by Gasteiger charge is 2.23. The van der Waals surface area contributed by atoms with Crippen LogP contribution in [0.2, 0.25) is 5.15 Å². The Morgan fingerprint density at radius 2 is 2.43 bits per heavy atom. The van der Waals surface area contributed by atoms with Gasteiger partial charge in [0.15, 0.2) is 0 Å². The van der Waals surface area contributed by atoms with Crippen molar-refractivity contribution in [2.45, 2.75) is 12.8 Å². The number of piperidine rings is 1. The van der Waals surface area contributed by atoms with Crippen molar-refractivity contribution in [2.75, 3.05) is 26.7 Å². The van der Waals surface area contributed by atoms with Gasteiger partial charge in [-0.2, -0.15) is 0 Å².